The van der Waals surface area contributed by atoms with Gasteiger partial charge in [-0.1, -0.05) is 33.8 Å². The smallest absolute Gasteiger partial charge is 0.334 e. The first-order valence-corrected chi connectivity index (χ1v) is 5.57. The molecular formula is C12H23NO2. The van der Waals surface area contributed by atoms with Crippen LogP contribution in [0.25, 0.3) is 0 Å². The Morgan fingerprint density at radius 2 is 2.07 bits per heavy atom. The van der Waals surface area contributed by atoms with Crippen molar-refractivity contribution in [2.75, 3.05) is 6.54 Å². The van der Waals surface area contributed by atoms with Gasteiger partial charge < -0.3 is 4.74 Å². The lowest BCUT2D eigenvalue weighted by molar-refractivity contribution is -0.146. The van der Waals surface area contributed by atoms with Crippen LogP contribution in [0.1, 0.15) is 40.5 Å². The second-order valence-corrected chi connectivity index (χ2v) is 4.27. The molecule has 3 heteroatoms. The molecule has 15 heavy (non-hydrogen) atoms. The molecule has 0 aliphatic rings. The molecule has 0 radical (unpaired) electrons. The van der Waals surface area contributed by atoms with E-state index in [0.29, 0.717) is 11.5 Å². The van der Waals surface area contributed by atoms with Crippen molar-refractivity contribution < 1.29 is 9.53 Å². The molecule has 0 aliphatic carbocycles. The fourth-order valence-corrected chi connectivity index (χ4v) is 1.06. The summed E-state index contributed by atoms with van der Waals surface area (Å²) in [6, 6.07) is 0. The van der Waals surface area contributed by atoms with Crippen molar-refractivity contribution in [1.29, 1.82) is 0 Å². The molecule has 3 nitrogen and oxygen atoms in total. The summed E-state index contributed by atoms with van der Waals surface area (Å²) in [4.78, 5) is 11.3. The van der Waals surface area contributed by atoms with E-state index < -0.39 is 0 Å². The zero-order chi connectivity index (χ0) is 11.8. The molecule has 1 N–H and O–H groups in total. The molecule has 1 unspecified atom stereocenters. The molecule has 0 aromatic heterocycles. The van der Waals surface area contributed by atoms with E-state index in [4.69, 9.17) is 4.74 Å². The first-order valence-electron chi connectivity index (χ1n) is 5.57. The first-order chi connectivity index (χ1) is 6.97. The Labute approximate surface area is 92.9 Å². The van der Waals surface area contributed by atoms with Crippen molar-refractivity contribution in [2.45, 2.75) is 46.8 Å². The van der Waals surface area contributed by atoms with Crippen molar-refractivity contribution in [3.63, 3.8) is 0 Å². The van der Waals surface area contributed by atoms with Crippen molar-refractivity contribution in [1.82, 2.24) is 5.32 Å². The van der Waals surface area contributed by atoms with Gasteiger partial charge in [-0.3, -0.25) is 5.32 Å². The van der Waals surface area contributed by atoms with Gasteiger partial charge in [0, 0.05) is 12.1 Å². The molecule has 0 spiro atoms. The van der Waals surface area contributed by atoms with Crippen LogP contribution in [0.4, 0.5) is 0 Å². The third kappa shape index (κ3) is 7.14. The summed E-state index contributed by atoms with van der Waals surface area (Å²) in [5.74, 6) is 0.234. The van der Waals surface area contributed by atoms with Crippen LogP contribution in [0.2, 0.25) is 0 Å². The highest BCUT2D eigenvalue weighted by Crippen LogP contribution is 2.03. The molecule has 0 bridgehead atoms. The molecule has 0 aliphatic heterocycles. The van der Waals surface area contributed by atoms with E-state index in [0.717, 1.165) is 19.4 Å². The van der Waals surface area contributed by atoms with Crippen LogP contribution in [0, 0.1) is 5.92 Å². The Morgan fingerprint density at radius 1 is 1.47 bits per heavy atom. The molecule has 0 aromatic rings. The third-order valence-corrected chi connectivity index (χ3v) is 1.90. The van der Waals surface area contributed by atoms with Crippen molar-refractivity contribution in [2.24, 2.45) is 5.92 Å². The molecule has 0 amide bonds. The topological polar surface area (TPSA) is 38.3 Å². The van der Waals surface area contributed by atoms with Gasteiger partial charge >= 0.3 is 5.97 Å². The quantitative estimate of drug-likeness (QED) is 0.401. The van der Waals surface area contributed by atoms with E-state index >= 15 is 0 Å². The summed E-state index contributed by atoms with van der Waals surface area (Å²) < 4.78 is 5.25. The molecule has 0 saturated carbocycles. The van der Waals surface area contributed by atoms with Crippen LogP contribution in [0.5, 0.6) is 0 Å². The van der Waals surface area contributed by atoms with Crippen LogP contribution in [0.15, 0.2) is 12.2 Å². The number of ether oxygens (including phenoxy) is 1. The van der Waals surface area contributed by atoms with Crippen molar-refractivity contribution in [3.05, 3.63) is 12.2 Å². The Balaban J connectivity index is 4.03. The Morgan fingerprint density at radius 3 is 2.47 bits per heavy atom. The number of hydrogen-bond donors (Lipinski definition) is 1. The Bertz CT molecular complexity index is 212. The lowest BCUT2D eigenvalue weighted by Gasteiger charge is -2.19. The molecular weight excluding hydrogens is 190 g/mol. The van der Waals surface area contributed by atoms with Crippen LogP contribution < -0.4 is 5.32 Å². The molecule has 0 saturated heterocycles. The minimum atomic E-state index is -0.315. The predicted molar refractivity (Wildman–Crippen MR) is 62.4 cm³/mol. The maximum absolute atomic E-state index is 11.3. The number of esters is 1. The summed E-state index contributed by atoms with van der Waals surface area (Å²) >= 11 is 0. The summed E-state index contributed by atoms with van der Waals surface area (Å²) in [5.41, 5.74) is 0.447. The number of carbonyl (C=O) groups excluding carboxylic acids is 1. The summed E-state index contributed by atoms with van der Waals surface area (Å²) in [6.45, 7) is 12.4. The van der Waals surface area contributed by atoms with Gasteiger partial charge in [0.15, 0.2) is 6.23 Å². The van der Waals surface area contributed by atoms with Crippen LogP contribution >= 0.6 is 0 Å². The van der Waals surface area contributed by atoms with Gasteiger partial charge in [-0.2, -0.15) is 0 Å². The normalized spacial score (nSPS) is 12.6. The van der Waals surface area contributed by atoms with Gasteiger partial charge in [-0.25, -0.2) is 4.79 Å². The van der Waals surface area contributed by atoms with Gasteiger partial charge in [-0.05, 0) is 19.3 Å². The second-order valence-electron chi connectivity index (χ2n) is 4.27. The summed E-state index contributed by atoms with van der Waals surface area (Å²) in [7, 11) is 0. The Hall–Kier alpha value is -0.830. The van der Waals surface area contributed by atoms with E-state index in [1.165, 1.54) is 0 Å². The van der Waals surface area contributed by atoms with Gasteiger partial charge in [-0.15, -0.1) is 0 Å². The molecule has 0 rings (SSSR count). The van der Waals surface area contributed by atoms with Gasteiger partial charge in [0.05, 0.1) is 0 Å². The lowest BCUT2D eigenvalue weighted by atomic mass is 10.2. The summed E-state index contributed by atoms with van der Waals surface area (Å²) in [6.07, 6.45) is 1.65. The monoisotopic (exact) mass is 213 g/mol. The van der Waals surface area contributed by atoms with E-state index in [2.05, 4.69) is 32.7 Å². The van der Waals surface area contributed by atoms with Gasteiger partial charge in [0.2, 0.25) is 0 Å². The van der Waals surface area contributed by atoms with Crippen LogP contribution in [-0.4, -0.2) is 18.7 Å². The highest BCUT2D eigenvalue weighted by molar-refractivity contribution is 5.87. The minimum Gasteiger partial charge on any atom is -0.443 e. The average Bonchev–Trinajstić information content (AvgIpc) is 2.14. The number of rotatable bonds is 7. The fourth-order valence-electron chi connectivity index (χ4n) is 1.06. The molecule has 0 aromatic carbocycles. The van der Waals surface area contributed by atoms with Crippen LogP contribution in [-0.2, 0) is 9.53 Å². The standard InChI is InChI=1S/C12H23NO2/c1-6-7-11(13-8-9(2)3)15-12(14)10(4)5/h9,11,13H,4,6-8H2,1-3,5H3. The molecule has 1 atom stereocenters. The fraction of sp³-hybridized carbons (Fsp3) is 0.750. The largest absolute Gasteiger partial charge is 0.443 e. The lowest BCUT2D eigenvalue weighted by Crippen LogP contribution is -2.36. The maximum Gasteiger partial charge on any atom is 0.334 e. The van der Waals surface area contributed by atoms with Crippen molar-refractivity contribution in [3.8, 4) is 0 Å². The van der Waals surface area contributed by atoms with Gasteiger partial charge in [0.25, 0.3) is 0 Å². The van der Waals surface area contributed by atoms with E-state index in [-0.39, 0.29) is 12.2 Å². The molecule has 0 fully saturated rings. The van der Waals surface area contributed by atoms with E-state index in [1.807, 2.05) is 0 Å². The highest BCUT2D eigenvalue weighted by atomic mass is 16.6. The molecule has 0 heterocycles. The van der Waals surface area contributed by atoms with E-state index in [1.54, 1.807) is 6.92 Å². The van der Waals surface area contributed by atoms with Gasteiger partial charge in [0.1, 0.15) is 0 Å². The SMILES string of the molecule is C=C(C)C(=O)OC(CCC)NCC(C)C. The average molecular weight is 213 g/mol. The number of carbonyl (C=O) groups is 1. The summed E-state index contributed by atoms with van der Waals surface area (Å²) in [5, 5.41) is 3.22. The van der Waals surface area contributed by atoms with Crippen molar-refractivity contribution >= 4 is 5.97 Å². The number of hydrogen-bond acceptors (Lipinski definition) is 3. The Kier molecular flexibility index (Phi) is 7.05. The maximum atomic E-state index is 11.3. The zero-order valence-electron chi connectivity index (χ0n) is 10.3. The van der Waals surface area contributed by atoms with E-state index in [9.17, 15) is 4.79 Å². The number of nitrogens with one attached hydrogen (secondary N) is 1. The first kappa shape index (κ1) is 14.2. The second kappa shape index (κ2) is 7.46. The third-order valence-electron chi connectivity index (χ3n) is 1.90. The predicted octanol–water partition coefficient (Wildman–Crippen LogP) is 2.48. The van der Waals surface area contributed by atoms with Crippen LogP contribution in [0.3, 0.4) is 0 Å². The highest BCUT2D eigenvalue weighted by Gasteiger charge is 2.13. The minimum absolute atomic E-state index is 0.179. The molecule has 88 valence electrons. The zero-order valence-corrected chi connectivity index (χ0v) is 10.3.